The quantitative estimate of drug-likeness (QED) is 0.779. The maximum absolute atomic E-state index is 12.7. The van der Waals surface area contributed by atoms with Gasteiger partial charge in [0.05, 0.1) is 5.69 Å². The fraction of sp³-hybridized carbons (Fsp3) is 0.263. The Hall–Kier alpha value is -2.82. The molecule has 0 spiro atoms. The highest BCUT2D eigenvalue weighted by Gasteiger charge is 2.30. The second-order valence-electron chi connectivity index (χ2n) is 6.26. The molecule has 5 heteroatoms. The molecule has 0 aliphatic heterocycles. The van der Waals surface area contributed by atoms with Crippen LogP contribution in [0.2, 0.25) is 0 Å². The van der Waals surface area contributed by atoms with Gasteiger partial charge in [0.15, 0.2) is 17.1 Å². The summed E-state index contributed by atoms with van der Waals surface area (Å²) in [5.74, 6) is 0.953. The van der Waals surface area contributed by atoms with Crippen molar-refractivity contribution in [3.8, 4) is 5.75 Å². The number of oxazole rings is 1. The number of hydrogen-bond donors (Lipinski definition) is 1. The van der Waals surface area contributed by atoms with E-state index in [2.05, 4.69) is 10.3 Å². The third-order valence-corrected chi connectivity index (χ3v) is 3.71. The maximum Gasteiger partial charge on any atom is 0.268 e. The van der Waals surface area contributed by atoms with Crippen molar-refractivity contribution in [1.82, 2.24) is 4.98 Å². The van der Waals surface area contributed by atoms with Crippen molar-refractivity contribution in [2.75, 3.05) is 5.32 Å². The second-order valence-corrected chi connectivity index (χ2v) is 6.26. The van der Waals surface area contributed by atoms with Crippen LogP contribution in [0.15, 0.2) is 46.9 Å². The third-order valence-electron chi connectivity index (χ3n) is 3.71. The van der Waals surface area contributed by atoms with Crippen LogP contribution in [0.3, 0.4) is 0 Å². The number of aryl methyl sites for hydroxylation is 2. The monoisotopic (exact) mass is 324 g/mol. The Kier molecular flexibility index (Phi) is 4.01. The van der Waals surface area contributed by atoms with E-state index >= 15 is 0 Å². The van der Waals surface area contributed by atoms with Crippen LogP contribution in [0.25, 0.3) is 11.1 Å². The summed E-state index contributed by atoms with van der Waals surface area (Å²) in [6.45, 7) is 7.24. The van der Waals surface area contributed by atoms with Gasteiger partial charge in [0.25, 0.3) is 5.91 Å². The van der Waals surface area contributed by atoms with Gasteiger partial charge >= 0.3 is 0 Å². The average Bonchev–Trinajstić information content (AvgIpc) is 2.91. The number of para-hydroxylation sites is 1. The number of rotatable bonds is 4. The predicted molar refractivity (Wildman–Crippen MR) is 93.3 cm³/mol. The fourth-order valence-electron chi connectivity index (χ4n) is 2.38. The van der Waals surface area contributed by atoms with Gasteiger partial charge in [-0.3, -0.25) is 4.79 Å². The minimum absolute atomic E-state index is 0.253. The second kappa shape index (κ2) is 6.00. The molecule has 0 unspecified atom stereocenters. The van der Waals surface area contributed by atoms with Gasteiger partial charge in [-0.25, -0.2) is 4.98 Å². The van der Waals surface area contributed by atoms with Crippen LogP contribution in [0.5, 0.6) is 5.75 Å². The number of ether oxygens (including phenoxy) is 1. The molecule has 24 heavy (non-hydrogen) atoms. The number of carbonyl (C=O) groups excluding carboxylic acids is 1. The number of nitrogens with zero attached hydrogens (tertiary/aromatic N) is 1. The summed E-state index contributed by atoms with van der Waals surface area (Å²) in [6.07, 6.45) is 0. The fourth-order valence-corrected chi connectivity index (χ4v) is 2.38. The van der Waals surface area contributed by atoms with E-state index < -0.39 is 5.60 Å². The van der Waals surface area contributed by atoms with E-state index in [0.29, 0.717) is 28.4 Å². The first-order valence-electron chi connectivity index (χ1n) is 7.78. The van der Waals surface area contributed by atoms with E-state index in [1.54, 1.807) is 26.8 Å². The first kappa shape index (κ1) is 16.1. The molecule has 0 saturated carbocycles. The van der Waals surface area contributed by atoms with E-state index in [-0.39, 0.29) is 5.91 Å². The Morgan fingerprint density at radius 3 is 2.54 bits per heavy atom. The number of fused-ring (bicyclic) bond motifs is 1. The summed E-state index contributed by atoms with van der Waals surface area (Å²) in [7, 11) is 0. The molecule has 5 nitrogen and oxygen atoms in total. The van der Waals surface area contributed by atoms with E-state index in [4.69, 9.17) is 9.15 Å². The van der Waals surface area contributed by atoms with Crippen LogP contribution in [0.1, 0.15) is 25.3 Å². The summed E-state index contributed by atoms with van der Waals surface area (Å²) in [5, 5.41) is 2.88. The van der Waals surface area contributed by atoms with Crippen LogP contribution in [0.4, 0.5) is 5.69 Å². The van der Waals surface area contributed by atoms with Gasteiger partial charge < -0.3 is 14.5 Å². The van der Waals surface area contributed by atoms with Crippen molar-refractivity contribution in [3.05, 3.63) is 53.9 Å². The average molecular weight is 324 g/mol. The largest absolute Gasteiger partial charge is 0.478 e. The molecule has 1 aromatic heterocycles. The van der Waals surface area contributed by atoms with Gasteiger partial charge in [0.2, 0.25) is 0 Å². The summed E-state index contributed by atoms with van der Waals surface area (Å²) >= 11 is 0. The zero-order chi connectivity index (χ0) is 17.3. The molecule has 3 rings (SSSR count). The van der Waals surface area contributed by atoms with E-state index in [0.717, 1.165) is 5.56 Å². The smallest absolute Gasteiger partial charge is 0.268 e. The minimum Gasteiger partial charge on any atom is -0.478 e. The van der Waals surface area contributed by atoms with Crippen molar-refractivity contribution in [2.45, 2.75) is 33.3 Å². The number of hydrogen-bond acceptors (Lipinski definition) is 4. The number of aromatic nitrogens is 1. The lowest BCUT2D eigenvalue weighted by atomic mass is 10.1. The van der Waals surface area contributed by atoms with Gasteiger partial charge in [-0.1, -0.05) is 23.8 Å². The molecule has 124 valence electrons. The summed E-state index contributed by atoms with van der Waals surface area (Å²) in [5.41, 5.74) is 1.99. The zero-order valence-electron chi connectivity index (χ0n) is 14.2. The highest BCUT2D eigenvalue weighted by molar-refractivity contribution is 6.02. The lowest BCUT2D eigenvalue weighted by Gasteiger charge is -2.25. The SMILES string of the molecule is Cc1ccc(OC(C)(C)C(=O)Nc2cccc3oc(C)nc23)cc1. The normalized spacial score (nSPS) is 11.5. The summed E-state index contributed by atoms with van der Waals surface area (Å²) < 4.78 is 11.3. The van der Waals surface area contributed by atoms with Crippen molar-refractivity contribution < 1.29 is 13.9 Å². The highest BCUT2D eigenvalue weighted by atomic mass is 16.5. The van der Waals surface area contributed by atoms with Crippen molar-refractivity contribution >= 4 is 22.7 Å². The molecule has 1 amide bonds. The number of amides is 1. The Morgan fingerprint density at radius 2 is 1.83 bits per heavy atom. The Morgan fingerprint density at radius 1 is 1.12 bits per heavy atom. The zero-order valence-corrected chi connectivity index (χ0v) is 14.2. The Balaban J connectivity index is 1.80. The molecule has 0 bridgehead atoms. The van der Waals surface area contributed by atoms with Crippen molar-refractivity contribution in [2.24, 2.45) is 0 Å². The highest BCUT2D eigenvalue weighted by Crippen LogP contribution is 2.25. The topological polar surface area (TPSA) is 64.4 Å². The van der Waals surface area contributed by atoms with Gasteiger partial charge in [0.1, 0.15) is 11.3 Å². The van der Waals surface area contributed by atoms with E-state index in [1.807, 2.05) is 43.3 Å². The van der Waals surface area contributed by atoms with E-state index in [1.165, 1.54) is 0 Å². The Bertz CT molecular complexity index is 879. The molecule has 0 radical (unpaired) electrons. The molecule has 1 heterocycles. The van der Waals surface area contributed by atoms with Crippen LogP contribution in [0, 0.1) is 13.8 Å². The van der Waals surface area contributed by atoms with Gasteiger partial charge in [-0.15, -0.1) is 0 Å². The Labute approximate surface area is 140 Å². The first-order chi connectivity index (χ1) is 11.3. The maximum atomic E-state index is 12.7. The molecule has 2 aromatic carbocycles. The van der Waals surface area contributed by atoms with Gasteiger partial charge in [-0.2, -0.15) is 0 Å². The number of anilines is 1. The van der Waals surface area contributed by atoms with Crippen molar-refractivity contribution in [1.29, 1.82) is 0 Å². The molecular weight excluding hydrogens is 304 g/mol. The lowest BCUT2D eigenvalue weighted by molar-refractivity contribution is -0.128. The van der Waals surface area contributed by atoms with Gasteiger partial charge in [-0.05, 0) is 45.0 Å². The summed E-state index contributed by atoms with van der Waals surface area (Å²) in [6, 6.07) is 13.0. The molecule has 0 aliphatic carbocycles. The van der Waals surface area contributed by atoms with E-state index in [9.17, 15) is 4.79 Å². The lowest BCUT2D eigenvalue weighted by Crippen LogP contribution is -2.42. The number of carbonyl (C=O) groups is 1. The predicted octanol–water partition coefficient (Wildman–Crippen LogP) is 4.24. The van der Waals surface area contributed by atoms with Crippen LogP contribution < -0.4 is 10.1 Å². The number of benzene rings is 2. The van der Waals surface area contributed by atoms with Crippen LogP contribution in [-0.4, -0.2) is 16.5 Å². The van der Waals surface area contributed by atoms with Gasteiger partial charge in [0, 0.05) is 6.92 Å². The molecular formula is C19H20N2O3. The summed E-state index contributed by atoms with van der Waals surface area (Å²) in [4.78, 5) is 17.0. The molecule has 0 atom stereocenters. The number of nitrogens with one attached hydrogen (secondary N) is 1. The molecule has 0 saturated heterocycles. The molecule has 0 fully saturated rings. The first-order valence-corrected chi connectivity index (χ1v) is 7.78. The van der Waals surface area contributed by atoms with Crippen LogP contribution >= 0.6 is 0 Å². The molecule has 0 aliphatic rings. The third kappa shape index (κ3) is 3.25. The van der Waals surface area contributed by atoms with Crippen molar-refractivity contribution in [3.63, 3.8) is 0 Å². The standard InChI is InChI=1S/C19H20N2O3/c1-12-8-10-14(11-9-12)24-19(3,4)18(22)21-15-6-5-7-16-17(15)20-13(2)23-16/h5-11H,1-4H3,(H,21,22). The van der Waals surface area contributed by atoms with Crippen LogP contribution in [-0.2, 0) is 4.79 Å². The minimum atomic E-state index is -1.03. The molecule has 3 aromatic rings. The molecule has 1 N–H and O–H groups in total.